The number of quaternary nitrogens is 1. The summed E-state index contributed by atoms with van der Waals surface area (Å²) in [6, 6.07) is 8.33. The smallest absolute Gasteiger partial charge is 0.296 e. The maximum absolute atomic E-state index is 11.9. The highest BCUT2D eigenvalue weighted by atomic mass is 32.2. The number of rotatable bonds is 25. The number of hydrogen-bond donors (Lipinski definition) is 0. The molecular formula is C34H66NO3S+. The molecule has 1 rings (SSSR count). The molecule has 0 saturated heterocycles. The average Bonchev–Trinajstić information content (AvgIpc) is 2.96. The Kier molecular flexibility index (Phi) is 25.4. The number of hydrogen-bond acceptors (Lipinski definition) is 3. The zero-order valence-corrected chi connectivity index (χ0v) is 27.5. The SMILES string of the molecule is CCCCCCCCCCCCOS(=O)(=O)c1ccccc1.CCCC[N+](CCCC)(CCCC)CCCC. The molecule has 0 aliphatic carbocycles. The molecule has 0 bridgehead atoms. The summed E-state index contributed by atoms with van der Waals surface area (Å²) >= 11 is 0. The zero-order chi connectivity index (χ0) is 29.1. The van der Waals surface area contributed by atoms with Crippen molar-refractivity contribution in [3.63, 3.8) is 0 Å². The summed E-state index contributed by atoms with van der Waals surface area (Å²) in [6.45, 7) is 17.5. The van der Waals surface area contributed by atoms with Gasteiger partial charge < -0.3 is 4.48 Å². The zero-order valence-electron chi connectivity index (χ0n) is 26.7. The Balaban J connectivity index is 0.000000768. The summed E-state index contributed by atoms with van der Waals surface area (Å²) in [5.74, 6) is 0. The van der Waals surface area contributed by atoms with Crippen LogP contribution in [0.1, 0.15) is 150 Å². The van der Waals surface area contributed by atoms with Crippen LogP contribution in [0.25, 0.3) is 0 Å². The van der Waals surface area contributed by atoms with E-state index in [4.69, 9.17) is 4.18 Å². The molecule has 0 N–H and O–H groups in total. The monoisotopic (exact) mass is 568 g/mol. The summed E-state index contributed by atoms with van der Waals surface area (Å²) in [5, 5.41) is 0. The lowest BCUT2D eigenvalue weighted by molar-refractivity contribution is -0.929. The molecule has 0 amide bonds. The first-order valence-electron chi connectivity index (χ1n) is 16.7. The van der Waals surface area contributed by atoms with Crippen LogP contribution < -0.4 is 0 Å². The molecule has 39 heavy (non-hydrogen) atoms. The molecule has 5 heteroatoms. The van der Waals surface area contributed by atoms with E-state index in [-0.39, 0.29) is 11.5 Å². The van der Waals surface area contributed by atoms with Crippen LogP contribution >= 0.6 is 0 Å². The molecule has 0 radical (unpaired) electrons. The number of unbranched alkanes of at least 4 members (excludes halogenated alkanes) is 13. The summed E-state index contributed by atoms with van der Waals surface area (Å²) in [6.07, 6.45) is 23.3. The van der Waals surface area contributed by atoms with E-state index in [0.717, 1.165) is 12.8 Å². The van der Waals surface area contributed by atoms with Crippen molar-refractivity contribution in [2.45, 2.75) is 155 Å². The van der Waals surface area contributed by atoms with Crippen molar-refractivity contribution in [2.24, 2.45) is 0 Å². The summed E-state index contributed by atoms with van der Waals surface area (Å²) in [7, 11) is -3.57. The third-order valence-corrected chi connectivity index (χ3v) is 9.04. The van der Waals surface area contributed by atoms with E-state index in [1.54, 1.807) is 30.3 Å². The van der Waals surface area contributed by atoms with Crippen LogP contribution in [0, 0.1) is 0 Å². The van der Waals surface area contributed by atoms with Crippen LogP contribution in [0.15, 0.2) is 35.2 Å². The second-order valence-corrected chi connectivity index (χ2v) is 13.0. The minimum Gasteiger partial charge on any atom is -0.324 e. The Hall–Kier alpha value is -0.910. The Morgan fingerprint density at radius 1 is 0.513 bits per heavy atom. The van der Waals surface area contributed by atoms with Crippen molar-refractivity contribution >= 4 is 10.1 Å². The Labute approximate surface area is 245 Å². The highest BCUT2D eigenvalue weighted by Crippen LogP contribution is 2.17. The first kappa shape index (κ1) is 38.1. The Morgan fingerprint density at radius 3 is 1.26 bits per heavy atom. The third kappa shape index (κ3) is 20.6. The fourth-order valence-electron chi connectivity index (χ4n) is 5.06. The minimum atomic E-state index is -3.57. The maximum Gasteiger partial charge on any atom is 0.296 e. The van der Waals surface area contributed by atoms with Crippen LogP contribution in [0.2, 0.25) is 0 Å². The van der Waals surface area contributed by atoms with Gasteiger partial charge in [-0.15, -0.1) is 0 Å². The first-order chi connectivity index (χ1) is 18.9. The predicted molar refractivity (Wildman–Crippen MR) is 171 cm³/mol. The lowest BCUT2D eigenvalue weighted by Gasteiger charge is -2.39. The van der Waals surface area contributed by atoms with Gasteiger partial charge in [-0.25, -0.2) is 0 Å². The minimum absolute atomic E-state index is 0.238. The quantitative estimate of drug-likeness (QED) is 0.0669. The van der Waals surface area contributed by atoms with Gasteiger partial charge in [0.2, 0.25) is 0 Å². The molecule has 230 valence electrons. The number of nitrogens with zero attached hydrogens (tertiary/aromatic N) is 1. The van der Waals surface area contributed by atoms with Gasteiger partial charge in [-0.2, -0.15) is 8.42 Å². The Bertz CT molecular complexity index is 699. The Morgan fingerprint density at radius 2 is 0.872 bits per heavy atom. The van der Waals surface area contributed by atoms with Gasteiger partial charge in [0, 0.05) is 0 Å². The topological polar surface area (TPSA) is 43.4 Å². The van der Waals surface area contributed by atoms with Crippen molar-refractivity contribution in [1.82, 2.24) is 0 Å². The molecule has 0 atom stereocenters. The van der Waals surface area contributed by atoms with Crippen molar-refractivity contribution in [3.8, 4) is 0 Å². The van der Waals surface area contributed by atoms with Crippen molar-refractivity contribution in [3.05, 3.63) is 30.3 Å². The van der Waals surface area contributed by atoms with E-state index in [0.29, 0.717) is 0 Å². The van der Waals surface area contributed by atoms with Crippen LogP contribution in [0.3, 0.4) is 0 Å². The highest BCUT2D eigenvalue weighted by molar-refractivity contribution is 7.86. The van der Waals surface area contributed by atoms with E-state index in [1.807, 2.05) is 0 Å². The van der Waals surface area contributed by atoms with Gasteiger partial charge in [0.25, 0.3) is 10.1 Å². The summed E-state index contributed by atoms with van der Waals surface area (Å²) in [5.41, 5.74) is 0. The van der Waals surface area contributed by atoms with Gasteiger partial charge in [0.1, 0.15) is 0 Å². The molecule has 0 unspecified atom stereocenters. The van der Waals surface area contributed by atoms with Gasteiger partial charge in [-0.1, -0.05) is 136 Å². The van der Waals surface area contributed by atoms with Crippen molar-refractivity contribution in [1.29, 1.82) is 0 Å². The lowest BCUT2D eigenvalue weighted by atomic mass is 10.1. The summed E-state index contributed by atoms with van der Waals surface area (Å²) in [4.78, 5) is 0.238. The van der Waals surface area contributed by atoms with Crippen LogP contribution in [0.5, 0.6) is 0 Å². The lowest BCUT2D eigenvalue weighted by Crippen LogP contribution is -2.50. The molecule has 0 aliphatic rings. The molecule has 0 aliphatic heterocycles. The molecule has 1 aromatic carbocycles. The van der Waals surface area contributed by atoms with Crippen LogP contribution in [0.4, 0.5) is 0 Å². The molecule has 0 saturated carbocycles. The molecule has 0 spiro atoms. The second kappa shape index (κ2) is 26.0. The largest absolute Gasteiger partial charge is 0.324 e. The van der Waals surface area contributed by atoms with Gasteiger partial charge >= 0.3 is 0 Å². The molecule has 1 aromatic rings. The van der Waals surface area contributed by atoms with Gasteiger partial charge in [0.05, 0.1) is 37.7 Å². The van der Waals surface area contributed by atoms with Crippen LogP contribution in [-0.4, -0.2) is 45.7 Å². The van der Waals surface area contributed by atoms with E-state index in [2.05, 4.69) is 34.6 Å². The fraction of sp³-hybridized carbons (Fsp3) is 0.824. The van der Waals surface area contributed by atoms with E-state index < -0.39 is 10.1 Å². The standard InChI is InChI=1S/C18H30O3S.C16H36N/c1-2-3-4-5-6-7-8-9-10-14-17-21-22(19,20)18-15-12-11-13-16-18;1-5-9-13-17(14-10-6-2,15-11-7-3)16-12-8-4/h11-13,15-16H,2-10,14,17H2,1H3;5-16H2,1-4H3/q;+1. The van der Waals surface area contributed by atoms with Gasteiger partial charge in [-0.3, -0.25) is 4.18 Å². The highest BCUT2D eigenvalue weighted by Gasteiger charge is 2.24. The second-order valence-electron chi connectivity index (χ2n) is 11.4. The van der Waals surface area contributed by atoms with Gasteiger partial charge in [-0.05, 0) is 44.2 Å². The molecule has 0 aromatic heterocycles. The maximum atomic E-state index is 11.9. The summed E-state index contributed by atoms with van der Waals surface area (Å²) < 4.78 is 30.2. The molecular weight excluding hydrogens is 502 g/mol. The predicted octanol–water partition coefficient (Wildman–Crippen LogP) is 10.3. The van der Waals surface area contributed by atoms with Crippen LogP contribution in [-0.2, 0) is 14.3 Å². The fourth-order valence-corrected chi connectivity index (χ4v) is 6.02. The third-order valence-electron chi connectivity index (χ3n) is 7.71. The van der Waals surface area contributed by atoms with E-state index >= 15 is 0 Å². The van der Waals surface area contributed by atoms with Gasteiger partial charge in [0.15, 0.2) is 0 Å². The first-order valence-corrected chi connectivity index (χ1v) is 18.1. The molecule has 4 nitrogen and oxygen atoms in total. The van der Waals surface area contributed by atoms with E-state index in [9.17, 15) is 8.42 Å². The molecule has 0 heterocycles. The average molecular weight is 569 g/mol. The molecule has 0 fully saturated rings. The normalized spacial score (nSPS) is 11.8. The van der Waals surface area contributed by atoms with Crippen molar-refractivity contribution in [2.75, 3.05) is 32.8 Å². The van der Waals surface area contributed by atoms with Crippen molar-refractivity contribution < 1.29 is 17.1 Å². The number of benzene rings is 1. The van der Waals surface area contributed by atoms with E-state index in [1.165, 1.54) is 133 Å².